The molecule has 0 amide bonds. The molecule has 2 aromatic carbocycles. The monoisotopic (exact) mass is 463 g/mol. The van der Waals surface area contributed by atoms with Crippen molar-refractivity contribution in [1.82, 2.24) is 0 Å². The van der Waals surface area contributed by atoms with Crippen LogP contribution in [-0.2, 0) is 14.6 Å². The normalized spacial score (nSPS) is 17.6. The number of carboxylic acid groups (broad SMARTS) is 1. The molecule has 0 saturated carbocycles. The van der Waals surface area contributed by atoms with Crippen LogP contribution in [0, 0.1) is 5.92 Å². The highest BCUT2D eigenvalue weighted by atomic mass is 32.2. The lowest BCUT2D eigenvalue weighted by molar-refractivity contribution is -0.137. The first-order valence-electron chi connectivity index (χ1n) is 10.5. The maximum atomic E-state index is 13.4. The van der Waals surface area contributed by atoms with E-state index >= 15 is 0 Å². The average Bonchev–Trinajstić information content (AvgIpc) is 2.85. The number of aliphatic carboxylic acids is 1. The predicted octanol–water partition coefficient (Wildman–Crippen LogP) is 4.99. The Balaban J connectivity index is 2.10. The number of fused-ring (bicyclic) bond motifs is 1. The van der Waals surface area contributed by atoms with Gasteiger partial charge in [-0.2, -0.15) is 0 Å². The summed E-state index contributed by atoms with van der Waals surface area (Å²) in [6.45, 7) is 2.73. The lowest BCUT2D eigenvalue weighted by Crippen LogP contribution is -2.26. The third-order valence-corrected chi connectivity index (χ3v) is 8.04. The number of carbonyl (C=O) groups is 1. The van der Waals surface area contributed by atoms with E-state index < -0.39 is 15.8 Å². The van der Waals surface area contributed by atoms with E-state index in [2.05, 4.69) is 11.8 Å². The Bertz CT molecular complexity index is 1010. The molecule has 1 aliphatic heterocycles. The van der Waals surface area contributed by atoms with Crippen LogP contribution in [0.3, 0.4) is 0 Å². The number of rotatable bonds is 9. The standard InChI is InChI=1S/C23H29NO5S2/c1-3-4-8-17-15-24(18-9-6-5-7-10-18)19-13-21(30-2)20(29-12-11-23(25)26)14-22(19)31(27,28)16-17/h5-7,9-10,13-14,17H,3-4,8,11-12,15-16H2,1-2H3,(H,25,26)/t17-/m1/s1. The van der Waals surface area contributed by atoms with Crippen LogP contribution in [0.15, 0.2) is 52.3 Å². The van der Waals surface area contributed by atoms with Crippen LogP contribution in [-0.4, -0.2) is 44.7 Å². The smallest absolute Gasteiger partial charge is 0.306 e. The Hall–Kier alpha value is -2.19. The van der Waals surface area contributed by atoms with E-state index in [4.69, 9.17) is 9.84 Å². The minimum absolute atomic E-state index is 0.0107. The highest BCUT2D eigenvalue weighted by molar-refractivity contribution is 7.98. The molecule has 0 fully saturated rings. The largest absolute Gasteiger partial charge is 0.492 e. The van der Waals surface area contributed by atoms with Gasteiger partial charge in [-0.15, -0.1) is 11.8 Å². The van der Waals surface area contributed by atoms with E-state index in [0.717, 1.165) is 29.8 Å². The van der Waals surface area contributed by atoms with Crippen LogP contribution >= 0.6 is 11.8 Å². The number of para-hydroxylation sites is 1. The molecule has 1 N–H and O–H groups in total. The molecular weight excluding hydrogens is 434 g/mol. The van der Waals surface area contributed by atoms with Gasteiger partial charge in [-0.25, -0.2) is 8.42 Å². The van der Waals surface area contributed by atoms with Gasteiger partial charge in [-0.05, 0) is 36.8 Å². The van der Waals surface area contributed by atoms with Crippen LogP contribution in [0.5, 0.6) is 5.75 Å². The van der Waals surface area contributed by atoms with Gasteiger partial charge >= 0.3 is 5.97 Å². The van der Waals surface area contributed by atoms with Gasteiger partial charge in [0.05, 0.1) is 34.3 Å². The number of hydrogen-bond acceptors (Lipinski definition) is 6. The van der Waals surface area contributed by atoms with Gasteiger partial charge in [0.25, 0.3) is 0 Å². The minimum Gasteiger partial charge on any atom is -0.492 e. The Morgan fingerprint density at radius 3 is 2.65 bits per heavy atom. The molecule has 31 heavy (non-hydrogen) atoms. The van der Waals surface area contributed by atoms with Gasteiger partial charge < -0.3 is 14.7 Å². The van der Waals surface area contributed by atoms with E-state index in [1.54, 1.807) is 6.07 Å². The highest BCUT2D eigenvalue weighted by Gasteiger charge is 2.33. The lowest BCUT2D eigenvalue weighted by atomic mass is 10.0. The SMILES string of the molecule is CCCC[C@@H]1CN(c2ccccc2)c2cc(SC)c(OCCC(=O)O)cc2S(=O)(=O)C1. The maximum absolute atomic E-state index is 13.4. The first-order chi connectivity index (χ1) is 14.9. The van der Waals surface area contributed by atoms with Crippen molar-refractivity contribution < 1.29 is 23.1 Å². The molecule has 1 atom stereocenters. The first-order valence-corrected chi connectivity index (χ1v) is 13.4. The summed E-state index contributed by atoms with van der Waals surface area (Å²) in [6, 6.07) is 13.3. The Morgan fingerprint density at radius 2 is 2.00 bits per heavy atom. The van der Waals surface area contributed by atoms with Crippen molar-refractivity contribution in [3.8, 4) is 5.75 Å². The number of carboxylic acids is 1. The van der Waals surface area contributed by atoms with E-state index in [1.165, 1.54) is 11.8 Å². The maximum Gasteiger partial charge on any atom is 0.306 e. The number of nitrogens with zero attached hydrogens (tertiary/aromatic N) is 1. The third-order valence-electron chi connectivity index (χ3n) is 5.37. The van der Waals surface area contributed by atoms with Crippen LogP contribution in [0.2, 0.25) is 0 Å². The molecule has 168 valence electrons. The van der Waals surface area contributed by atoms with E-state index in [1.807, 2.05) is 42.7 Å². The predicted molar refractivity (Wildman–Crippen MR) is 124 cm³/mol. The second-order valence-electron chi connectivity index (χ2n) is 7.70. The molecule has 0 spiro atoms. The van der Waals surface area contributed by atoms with Crippen LogP contribution in [0.4, 0.5) is 11.4 Å². The molecule has 0 saturated heterocycles. The van der Waals surface area contributed by atoms with Gasteiger partial charge in [0.1, 0.15) is 5.75 Å². The van der Waals surface area contributed by atoms with Crippen molar-refractivity contribution in [3.63, 3.8) is 0 Å². The zero-order chi connectivity index (χ0) is 22.4. The molecular formula is C23H29NO5S2. The van der Waals surface area contributed by atoms with Crippen LogP contribution in [0.1, 0.15) is 32.6 Å². The summed E-state index contributed by atoms with van der Waals surface area (Å²) < 4.78 is 32.5. The molecule has 1 heterocycles. The number of thioether (sulfide) groups is 1. The Morgan fingerprint density at radius 1 is 1.26 bits per heavy atom. The van der Waals surface area contributed by atoms with Gasteiger partial charge in [0.15, 0.2) is 9.84 Å². The van der Waals surface area contributed by atoms with Gasteiger partial charge in [0, 0.05) is 18.3 Å². The average molecular weight is 464 g/mol. The van der Waals surface area contributed by atoms with Crippen LogP contribution < -0.4 is 9.64 Å². The summed E-state index contributed by atoms with van der Waals surface area (Å²) in [5.74, 6) is -0.430. The molecule has 2 aromatic rings. The molecule has 0 aliphatic carbocycles. The lowest BCUT2D eigenvalue weighted by Gasteiger charge is -2.28. The summed E-state index contributed by atoms with van der Waals surface area (Å²) >= 11 is 1.45. The van der Waals surface area contributed by atoms with Crippen molar-refractivity contribution in [2.75, 3.05) is 30.1 Å². The fourth-order valence-corrected chi connectivity index (χ4v) is 6.24. The number of ether oxygens (including phenoxy) is 1. The molecule has 1 aliphatic rings. The van der Waals surface area contributed by atoms with Crippen molar-refractivity contribution >= 4 is 38.9 Å². The van der Waals surface area contributed by atoms with Crippen molar-refractivity contribution in [3.05, 3.63) is 42.5 Å². The number of sulfone groups is 1. The number of benzene rings is 2. The molecule has 0 bridgehead atoms. The van der Waals surface area contributed by atoms with Crippen molar-refractivity contribution in [2.24, 2.45) is 5.92 Å². The second-order valence-corrected chi connectivity index (χ2v) is 10.5. The number of anilines is 2. The number of hydrogen-bond donors (Lipinski definition) is 1. The second kappa shape index (κ2) is 10.4. The molecule has 3 rings (SSSR count). The topological polar surface area (TPSA) is 83.9 Å². The minimum atomic E-state index is -3.54. The fraction of sp³-hybridized carbons (Fsp3) is 0.435. The summed E-state index contributed by atoms with van der Waals surface area (Å²) in [4.78, 5) is 14.0. The molecule has 8 heteroatoms. The van der Waals surface area contributed by atoms with Crippen LogP contribution in [0.25, 0.3) is 0 Å². The summed E-state index contributed by atoms with van der Waals surface area (Å²) in [6.07, 6.45) is 4.61. The number of unbranched alkanes of at least 4 members (excludes halogenated alkanes) is 1. The summed E-state index contributed by atoms with van der Waals surface area (Å²) in [7, 11) is -3.54. The third kappa shape index (κ3) is 5.74. The first kappa shape index (κ1) is 23.5. The van der Waals surface area contributed by atoms with Gasteiger partial charge in [-0.3, -0.25) is 4.79 Å². The van der Waals surface area contributed by atoms with E-state index in [0.29, 0.717) is 18.0 Å². The van der Waals surface area contributed by atoms with Gasteiger partial charge in [0.2, 0.25) is 0 Å². The van der Waals surface area contributed by atoms with E-state index in [9.17, 15) is 13.2 Å². The Labute approximate surface area is 188 Å². The summed E-state index contributed by atoms with van der Waals surface area (Å²) in [5, 5.41) is 8.90. The quantitative estimate of drug-likeness (QED) is 0.524. The summed E-state index contributed by atoms with van der Waals surface area (Å²) in [5.41, 5.74) is 1.61. The van der Waals surface area contributed by atoms with E-state index in [-0.39, 0.29) is 29.6 Å². The van der Waals surface area contributed by atoms with Crippen molar-refractivity contribution in [2.45, 2.75) is 42.4 Å². The zero-order valence-corrected chi connectivity index (χ0v) is 19.5. The zero-order valence-electron chi connectivity index (χ0n) is 17.9. The molecule has 0 unspecified atom stereocenters. The highest BCUT2D eigenvalue weighted by Crippen LogP contribution is 2.43. The van der Waals surface area contributed by atoms with Gasteiger partial charge in [-0.1, -0.05) is 38.0 Å². The molecule has 6 nitrogen and oxygen atoms in total. The molecule has 0 radical (unpaired) electrons. The van der Waals surface area contributed by atoms with Crippen molar-refractivity contribution in [1.29, 1.82) is 0 Å². The Kier molecular flexibility index (Phi) is 7.89. The fourth-order valence-electron chi connectivity index (χ4n) is 3.84. The molecule has 0 aromatic heterocycles.